The van der Waals surface area contributed by atoms with Crippen LogP contribution in [0.5, 0.6) is 0 Å². The minimum atomic E-state index is -0.930. The minimum absolute atomic E-state index is 0.269. The first-order valence-electron chi connectivity index (χ1n) is 7.28. The van der Waals surface area contributed by atoms with Crippen LogP contribution in [0.25, 0.3) is 11.0 Å². The Morgan fingerprint density at radius 2 is 1.88 bits per heavy atom. The molecule has 0 aliphatic heterocycles. The van der Waals surface area contributed by atoms with E-state index in [4.69, 9.17) is 20.8 Å². The number of hydrogen-bond donors (Lipinski definition) is 1. The Balaban J connectivity index is 1.67. The van der Waals surface area contributed by atoms with Gasteiger partial charge < -0.3 is 14.5 Å². The molecule has 1 heterocycles. The monoisotopic (exact) mass is 357 g/mol. The highest BCUT2D eigenvalue weighted by atomic mass is 35.5. The van der Waals surface area contributed by atoms with E-state index in [2.05, 4.69) is 5.32 Å². The van der Waals surface area contributed by atoms with Gasteiger partial charge in [0.05, 0.1) is 0 Å². The van der Waals surface area contributed by atoms with Crippen molar-refractivity contribution in [1.82, 2.24) is 0 Å². The van der Waals surface area contributed by atoms with Gasteiger partial charge in [0.2, 0.25) is 0 Å². The van der Waals surface area contributed by atoms with Gasteiger partial charge >= 0.3 is 11.6 Å². The maximum atomic E-state index is 12.0. The van der Waals surface area contributed by atoms with Crippen LogP contribution in [0, 0.1) is 0 Å². The van der Waals surface area contributed by atoms with Gasteiger partial charge in [0, 0.05) is 16.1 Å². The Morgan fingerprint density at radius 1 is 1.08 bits per heavy atom. The molecule has 7 heteroatoms. The molecular weight excluding hydrogens is 346 g/mol. The molecular formula is C18H12ClNO5. The Labute approximate surface area is 147 Å². The summed E-state index contributed by atoms with van der Waals surface area (Å²) in [5.41, 5.74) is -0.255. The number of benzene rings is 2. The summed E-state index contributed by atoms with van der Waals surface area (Å²) in [4.78, 5) is 35.7. The topological polar surface area (TPSA) is 85.6 Å². The number of fused-ring (bicyclic) bond motifs is 1. The van der Waals surface area contributed by atoms with Gasteiger partial charge in [-0.15, -0.1) is 0 Å². The summed E-state index contributed by atoms with van der Waals surface area (Å²) in [6.45, 7) is -0.544. The van der Waals surface area contributed by atoms with Crippen LogP contribution in [-0.2, 0) is 9.53 Å². The molecule has 0 atom stereocenters. The van der Waals surface area contributed by atoms with Crippen molar-refractivity contribution in [2.45, 2.75) is 0 Å². The van der Waals surface area contributed by atoms with E-state index in [-0.39, 0.29) is 5.56 Å². The van der Waals surface area contributed by atoms with Crippen LogP contribution in [0.15, 0.2) is 63.8 Å². The van der Waals surface area contributed by atoms with Gasteiger partial charge in [0.25, 0.3) is 5.91 Å². The number of carbonyl (C=O) groups is 2. The smallest absolute Gasteiger partial charge is 0.351 e. The molecule has 0 bridgehead atoms. The number of rotatable bonds is 4. The van der Waals surface area contributed by atoms with Gasteiger partial charge in [-0.25, -0.2) is 9.59 Å². The maximum Gasteiger partial charge on any atom is 0.351 e. The van der Waals surface area contributed by atoms with E-state index in [0.29, 0.717) is 21.7 Å². The number of carbonyl (C=O) groups excluding carboxylic acids is 2. The van der Waals surface area contributed by atoms with Gasteiger partial charge in [-0.1, -0.05) is 35.9 Å². The molecule has 1 aromatic heterocycles. The number of anilines is 1. The van der Waals surface area contributed by atoms with Crippen molar-refractivity contribution >= 4 is 40.1 Å². The number of ether oxygens (including phenoxy) is 1. The van der Waals surface area contributed by atoms with Crippen LogP contribution in [-0.4, -0.2) is 18.5 Å². The van der Waals surface area contributed by atoms with Gasteiger partial charge in [-0.3, -0.25) is 4.79 Å². The Hall–Kier alpha value is -3.12. The number of hydrogen-bond acceptors (Lipinski definition) is 5. The molecule has 0 aliphatic rings. The number of esters is 1. The van der Waals surface area contributed by atoms with Gasteiger partial charge in [-0.2, -0.15) is 0 Å². The van der Waals surface area contributed by atoms with E-state index < -0.39 is 24.1 Å². The third-order valence-corrected chi connectivity index (χ3v) is 3.54. The molecule has 25 heavy (non-hydrogen) atoms. The molecule has 1 N–H and O–H groups in total. The van der Waals surface area contributed by atoms with Crippen molar-refractivity contribution in [3.63, 3.8) is 0 Å². The van der Waals surface area contributed by atoms with E-state index in [1.54, 1.807) is 48.5 Å². The zero-order chi connectivity index (χ0) is 17.8. The molecule has 2 aromatic carbocycles. The number of halogens is 1. The summed E-state index contributed by atoms with van der Waals surface area (Å²) in [7, 11) is 0. The summed E-state index contributed by atoms with van der Waals surface area (Å²) in [6, 6.07) is 14.7. The van der Waals surface area contributed by atoms with Crippen molar-refractivity contribution in [2.24, 2.45) is 0 Å². The molecule has 0 fully saturated rings. The minimum Gasteiger partial charge on any atom is -0.452 e. The molecule has 0 saturated carbocycles. The molecule has 3 rings (SSSR count). The fraction of sp³-hybridized carbons (Fsp3) is 0.0556. The van der Waals surface area contributed by atoms with Crippen LogP contribution < -0.4 is 10.9 Å². The van der Waals surface area contributed by atoms with E-state index in [9.17, 15) is 14.4 Å². The largest absolute Gasteiger partial charge is 0.452 e. The second-order valence-electron chi connectivity index (χ2n) is 5.12. The quantitative estimate of drug-likeness (QED) is 0.572. The van der Waals surface area contributed by atoms with Gasteiger partial charge in [-0.05, 0) is 30.3 Å². The molecule has 0 radical (unpaired) electrons. The lowest BCUT2D eigenvalue weighted by atomic mass is 10.2. The number of nitrogens with one attached hydrogen (secondary N) is 1. The third kappa shape index (κ3) is 4.05. The van der Waals surface area contributed by atoms with Crippen molar-refractivity contribution in [1.29, 1.82) is 0 Å². The van der Waals surface area contributed by atoms with Crippen LogP contribution in [0.4, 0.5) is 5.69 Å². The Kier molecular flexibility index (Phi) is 4.81. The zero-order valence-electron chi connectivity index (χ0n) is 12.8. The second-order valence-corrected chi connectivity index (χ2v) is 5.56. The van der Waals surface area contributed by atoms with Gasteiger partial charge in [0.1, 0.15) is 11.1 Å². The van der Waals surface area contributed by atoms with Crippen molar-refractivity contribution in [2.75, 3.05) is 11.9 Å². The summed E-state index contributed by atoms with van der Waals surface area (Å²) in [5.74, 6) is -1.48. The lowest BCUT2D eigenvalue weighted by molar-refractivity contribution is -0.119. The zero-order valence-corrected chi connectivity index (χ0v) is 13.6. The Morgan fingerprint density at radius 3 is 2.68 bits per heavy atom. The number of para-hydroxylation sites is 1. The first-order valence-corrected chi connectivity index (χ1v) is 7.66. The molecule has 6 nitrogen and oxygen atoms in total. The fourth-order valence-corrected chi connectivity index (χ4v) is 2.37. The fourth-order valence-electron chi connectivity index (χ4n) is 2.18. The summed E-state index contributed by atoms with van der Waals surface area (Å²) in [6.07, 6.45) is 0. The molecule has 3 aromatic rings. The van der Waals surface area contributed by atoms with Crippen molar-refractivity contribution in [3.8, 4) is 0 Å². The average molecular weight is 358 g/mol. The molecule has 0 aliphatic carbocycles. The standard InChI is InChI=1S/C18H12ClNO5/c19-12-5-3-6-13(9-12)20-16(21)10-24-17(22)14-8-11-4-1-2-7-15(11)25-18(14)23/h1-9H,10H2,(H,20,21). The average Bonchev–Trinajstić information content (AvgIpc) is 2.59. The molecule has 126 valence electrons. The molecule has 0 spiro atoms. The van der Waals surface area contributed by atoms with Crippen LogP contribution >= 0.6 is 11.6 Å². The van der Waals surface area contributed by atoms with Crippen molar-refractivity contribution < 1.29 is 18.7 Å². The first kappa shape index (κ1) is 16.7. The van der Waals surface area contributed by atoms with Crippen LogP contribution in [0.1, 0.15) is 10.4 Å². The lowest BCUT2D eigenvalue weighted by Crippen LogP contribution is -2.23. The van der Waals surface area contributed by atoms with E-state index in [1.807, 2.05) is 0 Å². The highest BCUT2D eigenvalue weighted by Crippen LogP contribution is 2.15. The van der Waals surface area contributed by atoms with Gasteiger partial charge in [0.15, 0.2) is 6.61 Å². The lowest BCUT2D eigenvalue weighted by Gasteiger charge is -2.07. The van der Waals surface area contributed by atoms with E-state index in [1.165, 1.54) is 6.07 Å². The highest BCUT2D eigenvalue weighted by Gasteiger charge is 2.16. The van der Waals surface area contributed by atoms with E-state index in [0.717, 1.165) is 0 Å². The Bertz CT molecular complexity index is 1010. The van der Waals surface area contributed by atoms with Crippen LogP contribution in [0.2, 0.25) is 5.02 Å². The summed E-state index contributed by atoms with van der Waals surface area (Å²) >= 11 is 5.82. The summed E-state index contributed by atoms with van der Waals surface area (Å²) in [5, 5.41) is 3.57. The predicted octanol–water partition coefficient (Wildman–Crippen LogP) is 3.24. The van der Waals surface area contributed by atoms with Crippen LogP contribution in [0.3, 0.4) is 0 Å². The maximum absolute atomic E-state index is 12.0. The van der Waals surface area contributed by atoms with E-state index >= 15 is 0 Å². The molecule has 0 unspecified atom stereocenters. The SMILES string of the molecule is O=C(COC(=O)c1cc2ccccc2oc1=O)Nc1cccc(Cl)c1. The normalized spacial score (nSPS) is 10.4. The number of amides is 1. The first-order chi connectivity index (χ1) is 12.0. The van der Waals surface area contributed by atoms with Crippen molar-refractivity contribution in [3.05, 3.63) is 75.6 Å². The third-order valence-electron chi connectivity index (χ3n) is 3.30. The highest BCUT2D eigenvalue weighted by molar-refractivity contribution is 6.30. The second kappa shape index (κ2) is 7.19. The molecule has 1 amide bonds. The summed E-state index contributed by atoms with van der Waals surface area (Å²) < 4.78 is 9.94. The predicted molar refractivity (Wildman–Crippen MR) is 92.8 cm³/mol. The molecule has 0 saturated heterocycles.